The molecule has 0 atom stereocenters. The summed E-state index contributed by atoms with van der Waals surface area (Å²) >= 11 is 0. The molecule has 138 valence electrons. The maximum Gasteiger partial charge on any atom is 1.00 e. The van der Waals surface area contributed by atoms with Gasteiger partial charge in [0.05, 0.1) is 0 Å². The van der Waals surface area contributed by atoms with Gasteiger partial charge in [0.15, 0.2) is 5.76 Å². The van der Waals surface area contributed by atoms with Crippen molar-refractivity contribution in [1.29, 1.82) is 0 Å². The molecule has 0 bridgehead atoms. The Balaban J connectivity index is 0.00000192. The van der Waals surface area contributed by atoms with Crippen molar-refractivity contribution < 1.29 is 48.7 Å². The van der Waals surface area contributed by atoms with Crippen LogP contribution in [-0.4, -0.2) is 27.3 Å². The Labute approximate surface area is 184 Å². The normalized spacial score (nSPS) is 20.7. The second-order valence-corrected chi connectivity index (χ2v) is 7.07. The molecule has 7 nitrogen and oxygen atoms in total. The third-order valence-corrected chi connectivity index (χ3v) is 4.93. The van der Waals surface area contributed by atoms with Crippen LogP contribution in [0.5, 0.6) is 17.6 Å². The molecule has 3 aromatic rings. The van der Waals surface area contributed by atoms with Crippen molar-refractivity contribution in [3.05, 3.63) is 48.3 Å². The summed E-state index contributed by atoms with van der Waals surface area (Å²) in [6, 6.07) is 9.03. The molecule has 28 heavy (non-hydrogen) atoms. The Bertz CT molecular complexity index is 937. The van der Waals surface area contributed by atoms with Gasteiger partial charge in [-0.05, 0) is 55.4 Å². The molecular formula is C20H18N3NaO4. The summed E-state index contributed by atoms with van der Waals surface area (Å²) in [5, 5.41) is 14.4. The van der Waals surface area contributed by atoms with E-state index in [0.717, 1.165) is 31.6 Å². The van der Waals surface area contributed by atoms with Crippen LogP contribution in [0.15, 0.2) is 47.2 Å². The van der Waals surface area contributed by atoms with Crippen LogP contribution in [-0.2, 0) is 0 Å². The Hall–Kier alpha value is -2.09. The minimum Gasteiger partial charge on any atom is -0.856 e. The van der Waals surface area contributed by atoms with Crippen molar-refractivity contribution in [2.45, 2.75) is 43.8 Å². The fraction of sp³-hybridized carbons (Fsp3) is 0.350. The molecule has 0 unspecified atom stereocenters. The standard InChI is InChI=1S/C20H19N3O4.Na/c24-18-10-17(27-23-18)13-1-4-19(22-11-13)26-16-7-14(8-16)12-5-6-21-20(9-12)25-15-2-3-15;/h1,4-6,9-11,14-16H,2-3,7-8H2,(H,23,24);/q;+1/p-1. The second kappa shape index (κ2) is 8.11. The molecule has 8 heteroatoms. The average molecular weight is 387 g/mol. The molecule has 3 heterocycles. The SMILES string of the molecule is [Na+].[O-]c1cc(-c2ccc(OC3CC(c4ccnc(OC5CC5)c4)C3)nc2)on1. The first kappa shape index (κ1) is 19.2. The second-order valence-electron chi connectivity index (χ2n) is 7.07. The number of hydrogen-bond donors (Lipinski definition) is 0. The van der Waals surface area contributed by atoms with E-state index in [-0.39, 0.29) is 35.7 Å². The van der Waals surface area contributed by atoms with Crippen LogP contribution in [0.3, 0.4) is 0 Å². The van der Waals surface area contributed by atoms with E-state index in [0.29, 0.717) is 29.2 Å². The molecule has 0 radical (unpaired) electrons. The van der Waals surface area contributed by atoms with Crippen LogP contribution in [0.4, 0.5) is 0 Å². The number of aromatic nitrogens is 3. The van der Waals surface area contributed by atoms with Crippen LogP contribution in [0.2, 0.25) is 0 Å². The van der Waals surface area contributed by atoms with Crippen molar-refractivity contribution >= 4 is 0 Å². The first-order chi connectivity index (χ1) is 13.2. The third-order valence-electron chi connectivity index (χ3n) is 4.93. The van der Waals surface area contributed by atoms with E-state index in [1.165, 1.54) is 11.6 Å². The van der Waals surface area contributed by atoms with E-state index in [9.17, 15) is 5.11 Å². The summed E-state index contributed by atoms with van der Waals surface area (Å²) in [6.45, 7) is 0. The summed E-state index contributed by atoms with van der Waals surface area (Å²) in [7, 11) is 0. The third kappa shape index (κ3) is 4.32. The van der Waals surface area contributed by atoms with Gasteiger partial charge >= 0.3 is 29.6 Å². The zero-order chi connectivity index (χ0) is 18.2. The Morgan fingerprint density at radius 3 is 2.46 bits per heavy atom. The topological polar surface area (TPSA) is 93.3 Å². The molecule has 5 rings (SSSR count). The number of ether oxygens (including phenoxy) is 2. The monoisotopic (exact) mass is 387 g/mol. The summed E-state index contributed by atoms with van der Waals surface area (Å²) in [5.74, 6) is 1.77. The number of nitrogens with zero attached hydrogens (tertiary/aromatic N) is 3. The quantitative estimate of drug-likeness (QED) is 0.553. The molecule has 2 saturated carbocycles. The van der Waals surface area contributed by atoms with Crippen LogP contribution < -0.4 is 44.1 Å². The largest absolute Gasteiger partial charge is 1.00 e. The van der Waals surface area contributed by atoms with E-state index < -0.39 is 5.88 Å². The Morgan fingerprint density at radius 1 is 0.964 bits per heavy atom. The van der Waals surface area contributed by atoms with Gasteiger partial charge in [0, 0.05) is 36.0 Å². The van der Waals surface area contributed by atoms with Gasteiger partial charge in [-0.3, -0.25) is 0 Å². The predicted molar refractivity (Wildman–Crippen MR) is 93.5 cm³/mol. The zero-order valence-electron chi connectivity index (χ0n) is 15.6. The summed E-state index contributed by atoms with van der Waals surface area (Å²) < 4.78 is 16.7. The first-order valence-electron chi connectivity index (χ1n) is 9.12. The van der Waals surface area contributed by atoms with Crippen LogP contribution in [0.25, 0.3) is 11.3 Å². The van der Waals surface area contributed by atoms with Gasteiger partial charge in [0.25, 0.3) is 0 Å². The smallest absolute Gasteiger partial charge is 0.856 e. The van der Waals surface area contributed by atoms with Gasteiger partial charge in [0.1, 0.15) is 12.2 Å². The molecule has 2 fully saturated rings. The van der Waals surface area contributed by atoms with E-state index in [2.05, 4.69) is 21.2 Å². The number of hydrogen-bond acceptors (Lipinski definition) is 7. The molecule has 2 aliphatic carbocycles. The fourth-order valence-electron chi connectivity index (χ4n) is 3.20. The predicted octanol–water partition coefficient (Wildman–Crippen LogP) is 0.0754. The molecule has 0 N–H and O–H groups in total. The van der Waals surface area contributed by atoms with Crippen molar-refractivity contribution in [3.63, 3.8) is 0 Å². The van der Waals surface area contributed by atoms with Gasteiger partial charge in [-0.2, -0.15) is 0 Å². The molecule has 0 aliphatic heterocycles. The van der Waals surface area contributed by atoms with Crippen molar-refractivity contribution in [2.24, 2.45) is 0 Å². The van der Waals surface area contributed by atoms with E-state index in [1.807, 2.05) is 18.3 Å². The Kier molecular flexibility index (Phi) is 5.57. The van der Waals surface area contributed by atoms with Crippen LogP contribution >= 0.6 is 0 Å². The van der Waals surface area contributed by atoms with Crippen molar-refractivity contribution in [1.82, 2.24) is 15.1 Å². The van der Waals surface area contributed by atoms with E-state index in [4.69, 9.17) is 14.0 Å². The van der Waals surface area contributed by atoms with Crippen LogP contribution in [0, 0.1) is 0 Å². The summed E-state index contributed by atoms with van der Waals surface area (Å²) in [6.07, 6.45) is 8.09. The average Bonchev–Trinajstić information content (AvgIpc) is 3.36. The van der Waals surface area contributed by atoms with Gasteiger partial charge in [-0.25, -0.2) is 9.97 Å². The van der Waals surface area contributed by atoms with Crippen molar-refractivity contribution in [3.8, 4) is 29.0 Å². The van der Waals surface area contributed by atoms with Gasteiger partial charge in [-0.15, -0.1) is 0 Å². The number of rotatable bonds is 6. The van der Waals surface area contributed by atoms with Crippen LogP contribution in [0.1, 0.15) is 37.2 Å². The first-order valence-corrected chi connectivity index (χ1v) is 9.12. The maximum absolute atomic E-state index is 11.1. The van der Waals surface area contributed by atoms with Gasteiger partial charge in [-0.1, -0.05) is 5.16 Å². The zero-order valence-corrected chi connectivity index (χ0v) is 17.6. The minimum atomic E-state index is -0.396. The fourth-order valence-corrected chi connectivity index (χ4v) is 3.20. The molecule has 0 spiro atoms. The molecule has 3 aromatic heterocycles. The van der Waals surface area contributed by atoms with E-state index in [1.54, 1.807) is 12.3 Å². The molecule has 2 aliphatic rings. The maximum atomic E-state index is 11.1. The summed E-state index contributed by atoms with van der Waals surface area (Å²) in [4.78, 5) is 8.58. The molecule has 0 amide bonds. The van der Waals surface area contributed by atoms with Crippen molar-refractivity contribution in [2.75, 3.05) is 0 Å². The minimum absolute atomic E-state index is 0. The molecule has 0 saturated heterocycles. The number of pyridine rings is 2. The van der Waals surface area contributed by atoms with E-state index >= 15 is 0 Å². The van der Waals surface area contributed by atoms with Gasteiger partial charge < -0.3 is 19.1 Å². The molecule has 0 aromatic carbocycles. The molecular weight excluding hydrogens is 369 g/mol. The summed E-state index contributed by atoms with van der Waals surface area (Å²) in [5.41, 5.74) is 1.95. The Morgan fingerprint density at radius 2 is 1.79 bits per heavy atom. The van der Waals surface area contributed by atoms with Gasteiger partial charge in [0.2, 0.25) is 11.8 Å².